The normalized spacial score (nSPS) is 31.4. The van der Waals surface area contributed by atoms with Crippen molar-refractivity contribution in [2.24, 2.45) is 0 Å². The van der Waals surface area contributed by atoms with Crippen LogP contribution < -0.4 is 5.32 Å². The van der Waals surface area contributed by atoms with Gasteiger partial charge in [-0.25, -0.2) is 0 Å². The van der Waals surface area contributed by atoms with Crippen molar-refractivity contribution in [3.05, 3.63) is 0 Å². The molecule has 0 amide bonds. The van der Waals surface area contributed by atoms with Crippen LogP contribution in [-0.4, -0.2) is 62.0 Å². The van der Waals surface area contributed by atoms with E-state index in [1.165, 1.54) is 25.7 Å². The second-order valence-electron chi connectivity index (χ2n) is 7.44. The van der Waals surface area contributed by atoms with Crippen LogP contribution in [0.25, 0.3) is 0 Å². The second-order valence-corrected chi connectivity index (χ2v) is 7.44. The van der Waals surface area contributed by atoms with Gasteiger partial charge in [-0.05, 0) is 53.5 Å². The van der Waals surface area contributed by atoms with E-state index in [0.29, 0.717) is 18.3 Å². The van der Waals surface area contributed by atoms with E-state index in [1.807, 2.05) is 0 Å². The summed E-state index contributed by atoms with van der Waals surface area (Å²) >= 11 is 0. The van der Waals surface area contributed by atoms with E-state index in [-0.39, 0.29) is 5.54 Å². The molecule has 2 aliphatic rings. The molecule has 20 heavy (non-hydrogen) atoms. The molecule has 1 N–H and O–H groups in total. The van der Waals surface area contributed by atoms with E-state index < -0.39 is 0 Å². The van der Waals surface area contributed by atoms with Gasteiger partial charge in [0.1, 0.15) is 0 Å². The second kappa shape index (κ2) is 7.21. The van der Waals surface area contributed by atoms with Gasteiger partial charge in [0.15, 0.2) is 0 Å². The van der Waals surface area contributed by atoms with Crippen LogP contribution in [0.2, 0.25) is 0 Å². The predicted octanol–water partition coefficient (Wildman–Crippen LogP) is 2.03. The number of nitrogens with zero attached hydrogens (tertiary/aromatic N) is 1. The molecule has 0 aliphatic carbocycles. The van der Waals surface area contributed by atoms with Gasteiger partial charge in [-0.15, -0.1) is 0 Å². The maximum atomic E-state index is 6.15. The topological polar surface area (TPSA) is 33.7 Å². The molecule has 0 bridgehead atoms. The summed E-state index contributed by atoms with van der Waals surface area (Å²) in [5, 5.41) is 3.54. The fourth-order valence-electron chi connectivity index (χ4n) is 3.04. The van der Waals surface area contributed by atoms with Crippen LogP contribution in [0.4, 0.5) is 0 Å². The van der Waals surface area contributed by atoms with Crippen LogP contribution in [-0.2, 0) is 9.47 Å². The van der Waals surface area contributed by atoms with Gasteiger partial charge in [0.05, 0.1) is 18.3 Å². The molecule has 0 aromatic rings. The number of nitrogens with one attached hydrogen (secondary N) is 1. The van der Waals surface area contributed by atoms with Crippen LogP contribution in [0.15, 0.2) is 0 Å². The molecule has 4 nitrogen and oxygen atoms in total. The molecule has 0 radical (unpaired) electrons. The Morgan fingerprint density at radius 2 is 1.75 bits per heavy atom. The summed E-state index contributed by atoms with van der Waals surface area (Å²) in [4.78, 5) is 2.38. The van der Waals surface area contributed by atoms with Crippen LogP contribution in [0.1, 0.15) is 46.5 Å². The Hall–Kier alpha value is -0.160. The molecular weight excluding hydrogens is 252 g/mol. The van der Waals surface area contributed by atoms with Crippen molar-refractivity contribution in [3.63, 3.8) is 0 Å². The lowest BCUT2D eigenvalue weighted by Gasteiger charge is -2.25. The summed E-state index contributed by atoms with van der Waals surface area (Å²) in [5.41, 5.74) is 0.179. The Bertz CT molecular complexity index is 285. The molecule has 0 saturated carbocycles. The lowest BCUT2D eigenvalue weighted by molar-refractivity contribution is 0.0138. The lowest BCUT2D eigenvalue weighted by atomic mass is 10.1. The molecule has 0 aromatic carbocycles. The summed E-state index contributed by atoms with van der Waals surface area (Å²) in [6, 6.07) is 0. The summed E-state index contributed by atoms with van der Waals surface area (Å²) < 4.78 is 11.8. The van der Waals surface area contributed by atoms with Gasteiger partial charge in [-0.1, -0.05) is 0 Å². The van der Waals surface area contributed by atoms with Crippen molar-refractivity contribution < 1.29 is 9.47 Å². The highest BCUT2D eigenvalue weighted by Gasteiger charge is 2.28. The van der Waals surface area contributed by atoms with Gasteiger partial charge >= 0.3 is 0 Å². The summed E-state index contributed by atoms with van der Waals surface area (Å²) in [5.74, 6) is 0. The standard InChI is InChI=1S/C16H32N2O2/c1-16(2,3)17-10-13-7-8-15(20-13)12-18(4)11-14-6-5-9-19-14/h13-15,17H,5-12H2,1-4H3. The number of hydrogen-bond donors (Lipinski definition) is 1. The molecule has 0 aromatic heterocycles. The van der Waals surface area contributed by atoms with Gasteiger partial charge in [-0.2, -0.15) is 0 Å². The fraction of sp³-hybridized carbons (Fsp3) is 1.00. The average molecular weight is 284 g/mol. The minimum atomic E-state index is 0.179. The Morgan fingerprint density at radius 3 is 2.40 bits per heavy atom. The maximum absolute atomic E-state index is 6.15. The van der Waals surface area contributed by atoms with Crippen molar-refractivity contribution in [1.29, 1.82) is 0 Å². The van der Waals surface area contributed by atoms with Crippen molar-refractivity contribution in [2.45, 2.75) is 70.3 Å². The highest BCUT2D eigenvalue weighted by atomic mass is 16.5. The van der Waals surface area contributed by atoms with E-state index in [2.05, 4.69) is 38.0 Å². The van der Waals surface area contributed by atoms with Gasteiger partial charge in [0.2, 0.25) is 0 Å². The van der Waals surface area contributed by atoms with Crippen LogP contribution in [0.3, 0.4) is 0 Å². The molecule has 4 heteroatoms. The monoisotopic (exact) mass is 284 g/mol. The van der Waals surface area contributed by atoms with E-state index >= 15 is 0 Å². The predicted molar refractivity (Wildman–Crippen MR) is 82.1 cm³/mol. The first kappa shape index (κ1) is 16.2. The van der Waals surface area contributed by atoms with Gasteiger partial charge in [0, 0.05) is 31.8 Å². The zero-order chi connectivity index (χ0) is 14.6. The molecule has 2 rings (SSSR count). The molecule has 2 heterocycles. The minimum absolute atomic E-state index is 0.179. The molecule has 2 aliphatic heterocycles. The highest BCUT2D eigenvalue weighted by Crippen LogP contribution is 2.21. The van der Waals surface area contributed by atoms with E-state index in [1.54, 1.807) is 0 Å². The average Bonchev–Trinajstić information content (AvgIpc) is 2.97. The van der Waals surface area contributed by atoms with Crippen molar-refractivity contribution in [1.82, 2.24) is 10.2 Å². The van der Waals surface area contributed by atoms with E-state index in [9.17, 15) is 0 Å². The third kappa shape index (κ3) is 5.68. The van der Waals surface area contributed by atoms with Crippen LogP contribution in [0.5, 0.6) is 0 Å². The number of rotatable bonds is 6. The van der Waals surface area contributed by atoms with E-state index in [0.717, 1.165) is 26.2 Å². The first-order valence-electron chi connectivity index (χ1n) is 8.13. The van der Waals surface area contributed by atoms with Crippen LogP contribution in [0, 0.1) is 0 Å². The highest BCUT2D eigenvalue weighted by molar-refractivity contribution is 4.81. The quantitative estimate of drug-likeness (QED) is 0.809. The first-order valence-corrected chi connectivity index (χ1v) is 8.13. The zero-order valence-corrected chi connectivity index (χ0v) is 13.7. The van der Waals surface area contributed by atoms with Crippen molar-refractivity contribution in [3.8, 4) is 0 Å². The molecule has 118 valence electrons. The maximum Gasteiger partial charge on any atom is 0.0707 e. The Labute approximate surface area is 124 Å². The van der Waals surface area contributed by atoms with Gasteiger partial charge in [0.25, 0.3) is 0 Å². The van der Waals surface area contributed by atoms with E-state index in [4.69, 9.17) is 9.47 Å². The van der Waals surface area contributed by atoms with Crippen LogP contribution >= 0.6 is 0 Å². The Kier molecular flexibility index (Phi) is 5.84. The van der Waals surface area contributed by atoms with Crippen molar-refractivity contribution in [2.75, 3.05) is 33.3 Å². The Morgan fingerprint density at radius 1 is 1.05 bits per heavy atom. The number of hydrogen-bond acceptors (Lipinski definition) is 4. The Balaban J connectivity index is 1.62. The SMILES string of the molecule is CN(CC1CCCO1)CC1CCC(CNC(C)(C)C)O1. The zero-order valence-electron chi connectivity index (χ0n) is 13.7. The summed E-state index contributed by atoms with van der Waals surface area (Å²) in [6.07, 6.45) is 6.03. The molecule has 2 saturated heterocycles. The molecule has 3 unspecified atom stereocenters. The van der Waals surface area contributed by atoms with Crippen molar-refractivity contribution >= 4 is 0 Å². The summed E-state index contributed by atoms with van der Waals surface area (Å²) in [7, 11) is 2.19. The molecule has 2 fully saturated rings. The fourth-order valence-corrected chi connectivity index (χ4v) is 3.04. The largest absolute Gasteiger partial charge is 0.377 e. The van der Waals surface area contributed by atoms with Gasteiger partial charge < -0.3 is 19.7 Å². The number of ether oxygens (including phenoxy) is 2. The van der Waals surface area contributed by atoms with Gasteiger partial charge in [-0.3, -0.25) is 0 Å². The summed E-state index contributed by atoms with van der Waals surface area (Å²) in [6.45, 7) is 10.6. The number of likely N-dealkylation sites (N-methyl/N-ethyl adjacent to an activating group) is 1. The third-order valence-corrected chi connectivity index (χ3v) is 4.11. The molecule has 3 atom stereocenters. The third-order valence-electron chi connectivity index (χ3n) is 4.11. The molecule has 0 spiro atoms. The first-order chi connectivity index (χ1) is 9.42. The molecular formula is C16H32N2O2. The lowest BCUT2D eigenvalue weighted by Crippen LogP contribution is -2.41. The smallest absolute Gasteiger partial charge is 0.0707 e. The minimum Gasteiger partial charge on any atom is -0.377 e.